The van der Waals surface area contributed by atoms with Crippen LogP contribution in [-0.2, 0) is 0 Å². The fraction of sp³-hybridized carbons (Fsp3) is 0.250. The molecule has 1 fully saturated rings. The Labute approximate surface area is 137 Å². The molecule has 0 unspecified atom stereocenters. The van der Waals surface area contributed by atoms with Gasteiger partial charge in [-0.1, -0.05) is 0 Å². The minimum atomic E-state index is -1.12. The van der Waals surface area contributed by atoms with Gasteiger partial charge < -0.3 is 14.9 Å². The van der Waals surface area contributed by atoms with Gasteiger partial charge in [0.1, 0.15) is 11.6 Å². The van der Waals surface area contributed by atoms with Crippen LogP contribution >= 0.6 is 0 Å². The minimum Gasteiger partial charge on any atom is -0.476 e. The quantitative estimate of drug-likeness (QED) is 0.912. The zero-order chi connectivity index (χ0) is 17.1. The van der Waals surface area contributed by atoms with E-state index in [9.17, 15) is 14.0 Å². The maximum atomic E-state index is 12.9. The summed E-state index contributed by atoms with van der Waals surface area (Å²) in [6, 6.07) is 5.48. The van der Waals surface area contributed by atoms with Gasteiger partial charge in [-0.25, -0.2) is 19.2 Å². The Kier molecular flexibility index (Phi) is 4.37. The number of amides is 1. The molecule has 24 heavy (non-hydrogen) atoms. The number of benzene rings is 1. The highest BCUT2D eigenvalue weighted by molar-refractivity contribution is 5.94. The van der Waals surface area contributed by atoms with Gasteiger partial charge in [-0.05, 0) is 24.3 Å². The third-order valence-electron chi connectivity index (χ3n) is 3.84. The molecule has 8 heteroatoms. The van der Waals surface area contributed by atoms with E-state index in [2.05, 4.69) is 9.97 Å². The molecule has 0 radical (unpaired) electrons. The lowest BCUT2D eigenvalue weighted by molar-refractivity contribution is 0.0688. The number of rotatable bonds is 3. The highest BCUT2D eigenvalue weighted by Gasteiger charge is 2.23. The number of anilines is 1. The van der Waals surface area contributed by atoms with Crippen molar-refractivity contribution in [1.29, 1.82) is 0 Å². The van der Waals surface area contributed by atoms with Gasteiger partial charge in [0, 0.05) is 31.7 Å². The number of carboxylic acids is 1. The van der Waals surface area contributed by atoms with Gasteiger partial charge in [-0.2, -0.15) is 0 Å². The van der Waals surface area contributed by atoms with Gasteiger partial charge in [0.15, 0.2) is 5.69 Å². The predicted molar refractivity (Wildman–Crippen MR) is 83.5 cm³/mol. The molecule has 0 saturated carbocycles. The van der Waals surface area contributed by atoms with Gasteiger partial charge in [0.25, 0.3) is 5.91 Å². The second kappa shape index (κ2) is 6.61. The van der Waals surface area contributed by atoms with Crippen LogP contribution in [0.4, 0.5) is 10.2 Å². The number of carbonyl (C=O) groups is 2. The van der Waals surface area contributed by atoms with E-state index in [0.29, 0.717) is 37.6 Å². The number of halogens is 1. The third kappa shape index (κ3) is 3.32. The van der Waals surface area contributed by atoms with Crippen LogP contribution in [0.5, 0.6) is 0 Å². The lowest BCUT2D eigenvalue weighted by Gasteiger charge is -2.35. The molecule has 1 amide bonds. The Bertz CT molecular complexity index is 741. The first-order valence-corrected chi connectivity index (χ1v) is 7.40. The number of hydrogen-bond donors (Lipinski definition) is 1. The molecule has 0 bridgehead atoms. The van der Waals surface area contributed by atoms with Crippen LogP contribution in [0.15, 0.2) is 36.7 Å². The summed E-state index contributed by atoms with van der Waals surface area (Å²) >= 11 is 0. The number of piperazine rings is 1. The normalized spacial score (nSPS) is 14.5. The molecule has 1 aliphatic heterocycles. The Morgan fingerprint density at radius 2 is 1.67 bits per heavy atom. The predicted octanol–water partition coefficient (Wildman–Crippen LogP) is 1.28. The number of carboxylic acid groups (broad SMARTS) is 1. The van der Waals surface area contributed by atoms with Crippen LogP contribution in [0.2, 0.25) is 0 Å². The molecule has 7 nitrogen and oxygen atoms in total. The number of aromatic carboxylic acids is 1. The second-order valence-corrected chi connectivity index (χ2v) is 5.35. The fourth-order valence-electron chi connectivity index (χ4n) is 2.51. The summed E-state index contributed by atoms with van der Waals surface area (Å²) in [5.41, 5.74) is 0.347. The summed E-state index contributed by atoms with van der Waals surface area (Å²) in [7, 11) is 0. The Morgan fingerprint density at radius 3 is 2.21 bits per heavy atom. The average molecular weight is 330 g/mol. The maximum Gasteiger partial charge on any atom is 0.356 e. The van der Waals surface area contributed by atoms with E-state index >= 15 is 0 Å². The molecule has 1 aromatic heterocycles. The van der Waals surface area contributed by atoms with E-state index in [4.69, 9.17) is 5.11 Å². The monoisotopic (exact) mass is 330 g/mol. The van der Waals surface area contributed by atoms with Gasteiger partial charge in [0.05, 0.1) is 12.4 Å². The van der Waals surface area contributed by atoms with E-state index in [1.165, 1.54) is 36.7 Å². The number of nitrogens with zero attached hydrogens (tertiary/aromatic N) is 4. The molecule has 2 aromatic rings. The number of carbonyl (C=O) groups excluding carboxylic acids is 1. The zero-order valence-electron chi connectivity index (χ0n) is 12.7. The van der Waals surface area contributed by atoms with Gasteiger partial charge >= 0.3 is 5.97 Å². The van der Waals surface area contributed by atoms with Crippen LogP contribution in [0.3, 0.4) is 0 Å². The Hall–Kier alpha value is -3.03. The standard InChI is InChI=1S/C16H15FN4O3/c17-12-3-1-11(2-4-12)15(22)21-7-5-20(6-8-21)14-10-18-13(9-19-14)16(23)24/h1-4,9-10H,5-8H2,(H,23,24). The third-order valence-corrected chi connectivity index (χ3v) is 3.84. The van der Waals surface area contributed by atoms with E-state index in [0.717, 1.165) is 0 Å². The van der Waals surface area contributed by atoms with Crippen molar-refractivity contribution in [2.75, 3.05) is 31.1 Å². The summed E-state index contributed by atoms with van der Waals surface area (Å²) in [6.07, 6.45) is 2.63. The first-order chi connectivity index (χ1) is 11.5. The van der Waals surface area contributed by atoms with Crippen molar-refractivity contribution in [2.24, 2.45) is 0 Å². The van der Waals surface area contributed by atoms with E-state index in [1.807, 2.05) is 4.90 Å². The first kappa shape index (κ1) is 15.9. The molecule has 0 aliphatic carbocycles. The molecule has 3 rings (SSSR count). The molecule has 0 atom stereocenters. The first-order valence-electron chi connectivity index (χ1n) is 7.40. The highest BCUT2D eigenvalue weighted by Crippen LogP contribution is 2.14. The fourth-order valence-corrected chi connectivity index (χ4v) is 2.51. The second-order valence-electron chi connectivity index (χ2n) is 5.35. The molecular weight excluding hydrogens is 315 g/mol. The van der Waals surface area contributed by atoms with Crippen molar-refractivity contribution in [3.63, 3.8) is 0 Å². The van der Waals surface area contributed by atoms with E-state index in [1.54, 1.807) is 4.90 Å². The molecule has 1 aliphatic rings. The Morgan fingerprint density at radius 1 is 1.00 bits per heavy atom. The van der Waals surface area contributed by atoms with Crippen LogP contribution in [0.25, 0.3) is 0 Å². The Balaban J connectivity index is 1.62. The molecule has 1 saturated heterocycles. The lowest BCUT2D eigenvalue weighted by atomic mass is 10.2. The molecule has 1 aromatic carbocycles. The highest BCUT2D eigenvalue weighted by atomic mass is 19.1. The van der Waals surface area contributed by atoms with Crippen molar-refractivity contribution in [1.82, 2.24) is 14.9 Å². The van der Waals surface area contributed by atoms with Crippen LogP contribution in [0.1, 0.15) is 20.8 Å². The van der Waals surface area contributed by atoms with Crippen LogP contribution in [0, 0.1) is 5.82 Å². The summed E-state index contributed by atoms with van der Waals surface area (Å²) in [5.74, 6) is -1.06. The summed E-state index contributed by atoms with van der Waals surface area (Å²) in [5, 5.41) is 8.82. The van der Waals surface area contributed by atoms with Gasteiger partial charge in [0.2, 0.25) is 0 Å². The molecule has 1 N–H and O–H groups in total. The topological polar surface area (TPSA) is 86.6 Å². The molecule has 0 spiro atoms. The van der Waals surface area contributed by atoms with Crippen LogP contribution in [-0.4, -0.2) is 58.0 Å². The summed E-state index contributed by atoms with van der Waals surface area (Å²) in [6.45, 7) is 2.12. The maximum absolute atomic E-state index is 12.9. The van der Waals surface area contributed by atoms with Crippen molar-refractivity contribution < 1.29 is 19.1 Å². The van der Waals surface area contributed by atoms with Crippen molar-refractivity contribution >= 4 is 17.7 Å². The largest absolute Gasteiger partial charge is 0.476 e. The van der Waals surface area contributed by atoms with Gasteiger partial charge in [-0.3, -0.25) is 4.79 Å². The van der Waals surface area contributed by atoms with Crippen LogP contribution < -0.4 is 4.90 Å². The smallest absolute Gasteiger partial charge is 0.356 e. The molecule has 124 valence electrons. The van der Waals surface area contributed by atoms with Gasteiger partial charge in [-0.15, -0.1) is 0 Å². The SMILES string of the molecule is O=C(O)c1cnc(N2CCN(C(=O)c3ccc(F)cc3)CC2)cn1. The number of hydrogen-bond acceptors (Lipinski definition) is 5. The molecular formula is C16H15FN4O3. The molecule has 2 heterocycles. The van der Waals surface area contributed by atoms with Crippen molar-refractivity contribution in [3.8, 4) is 0 Å². The van der Waals surface area contributed by atoms with E-state index in [-0.39, 0.29) is 17.4 Å². The van der Waals surface area contributed by atoms with Crippen molar-refractivity contribution in [3.05, 3.63) is 53.7 Å². The van der Waals surface area contributed by atoms with Crippen molar-refractivity contribution in [2.45, 2.75) is 0 Å². The average Bonchev–Trinajstić information content (AvgIpc) is 2.62. The summed E-state index contributed by atoms with van der Waals surface area (Å²) < 4.78 is 12.9. The number of aromatic nitrogens is 2. The summed E-state index contributed by atoms with van der Waals surface area (Å²) in [4.78, 5) is 34.7. The minimum absolute atomic E-state index is 0.108. The lowest BCUT2D eigenvalue weighted by Crippen LogP contribution is -2.49. The van der Waals surface area contributed by atoms with E-state index < -0.39 is 5.97 Å². The zero-order valence-corrected chi connectivity index (χ0v) is 12.7.